The second-order valence-corrected chi connectivity index (χ2v) is 4.47. The second-order valence-electron chi connectivity index (χ2n) is 4.47. The third kappa shape index (κ3) is 2.64. The van der Waals surface area contributed by atoms with Gasteiger partial charge in [-0.25, -0.2) is 9.67 Å². The van der Waals surface area contributed by atoms with Gasteiger partial charge in [-0.1, -0.05) is 17.2 Å². The molecule has 0 unspecified atom stereocenters. The standard InChI is InChI=1S/C14H17N3O/c1-4-17-14(15-9-16-17)8-13(18)12-6-10(2)5-11(3)7-12/h5-7,9H,4,8H2,1-3H3. The number of hydrogen-bond donors (Lipinski definition) is 0. The van der Waals surface area contributed by atoms with E-state index in [0.717, 1.165) is 29.1 Å². The molecule has 0 aliphatic heterocycles. The van der Waals surface area contributed by atoms with Crippen LogP contribution < -0.4 is 0 Å². The Bertz CT molecular complexity index is 552. The number of hydrogen-bond acceptors (Lipinski definition) is 3. The summed E-state index contributed by atoms with van der Waals surface area (Å²) in [5.74, 6) is 0.811. The summed E-state index contributed by atoms with van der Waals surface area (Å²) in [7, 11) is 0. The molecule has 0 radical (unpaired) electrons. The summed E-state index contributed by atoms with van der Waals surface area (Å²) in [4.78, 5) is 16.3. The van der Waals surface area contributed by atoms with Crippen LogP contribution in [0.5, 0.6) is 0 Å². The van der Waals surface area contributed by atoms with Crippen molar-refractivity contribution in [3.8, 4) is 0 Å². The van der Waals surface area contributed by atoms with Crippen LogP contribution in [0.2, 0.25) is 0 Å². The Morgan fingerprint density at radius 2 is 1.89 bits per heavy atom. The van der Waals surface area contributed by atoms with Crippen LogP contribution in [0.25, 0.3) is 0 Å². The van der Waals surface area contributed by atoms with Gasteiger partial charge < -0.3 is 0 Å². The first-order valence-electron chi connectivity index (χ1n) is 6.08. The minimum atomic E-state index is 0.0875. The monoisotopic (exact) mass is 243 g/mol. The van der Waals surface area contributed by atoms with E-state index in [-0.39, 0.29) is 5.78 Å². The van der Waals surface area contributed by atoms with Crippen LogP contribution in [0, 0.1) is 13.8 Å². The Balaban J connectivity index is 2.22. The highest BCUT2D eigenvalue weighted by Gasteiger charge is 2.12. The molecule has 18 heavy (non-hydrogen) atoms. The van der Waals surface area contributed by atoms with Crippen molar-refractivity contribution < 1.29 is 4.79 Å². The van der Waals surface area contributed by atoms with E-state index in [1.165, 1.54) is 6.33 Å². The first-order valence-corrected chi connectivity index (χ1v) is 6.08. The lowest BCUT2D eigenvalue weighted by atomic mass is 10.0. The molecule has 94 valence electrons. The third-order valence-electron chi connectivity index (χ3n) is 2.86. The van der Waals surface area contributed by atoms with Gasteiger partial charge in [0.05, 0.1) is 6.42 Å². The van der Waals surface area contributed by atoms with E-state index in [1.54, 1.807) is 4.68 Å². The maximum atomic E-state index is 12.2. The molecule has 0 N–H and O–H groups in total. The van der Waals surface area contributed by atoms with Crippen LogP contribution in [-0.2, 0) is 13.0 Å². The summed E-state index contributed by atoms with van der Waals surface area (Å²) in [6, 6.07) is 5.90. The fraction of sp³-hybridized carbons (Fsp3) is 0.357. The maximum Gasteiger partial charge on any atom is 0.170 e. The van der Waals surface area contributed by atoms with E-state index < -0.39 is 0 Å². The minimum absolute atomic E-state index is 0.0875. The highest BCUT2D eigenvalue weighted by Crippen LogP contribution is 2.11. The van der Waals surface area contributed by atoms with E-state index in [0.29, 0.717) is 6.42 Å². The van der Waals surface area contributed by atoms with Gasteiger partial charge in [-0.15, -0.1) is 0 Å². The number of carbonyl (C=O) groups excluding carboxylic acids is 1. The Morgan fingerprint density at radius 3 is 2.50 bits per heavy atom. The first kappa shape index (κ1) is 12.5. The zero-order valence-electron chi connectivity index (χ0n) is 11.0. The van der Waals surface area contributed by atoms with Gasteiger partial charge in [0.2, 0.25) is 0 Å². The van der Waals surface area contributed by atoms with E-state index in [2.05, 4.69) is 16.1 Å². The van der Waals surface area contributed by atoms with Crippen LogP contribution in [0.15, 0.2) is 24.5 Å². The molecule has 0 aliphatic carbocycles. The lowest BCUT2D eigenvalue weighted by Crippen LogP contribution is -2.11. The largest absolute Gasteiger partial charge is 0.294 e. The molecule has 4 nitrogen and oxygen atoms in total. The number of aryl methyl sites for hydroxylation is 3. The number of ketones is 1. The van der Waals surface area contributed by atoms with Crippen molar-refractivity contribution in [2.75, 3.05) is 0 Å². The molecule has 1 heterocycles. The van der Waals surface area contributed by atoms with Crippen LogP contribution in [-0.4, -0.2) is 20.5 Å². The van der Waals surface area contributed by atoms with Crippen LogP contribution >= 0.6 is 0 Å². The number of carbonyl (C=O) groups is 1. The molecule has 1 aromatic heterocycles. The molecule has 0 atom stereocenters. The predicted molar refractivity (Wildman–Crippen MR) is 69.6 cm³/mol. The van der Waals surface area contributed by atoms with Crippen molar-refractivity contribution in [2.24, 2.45) is 0 Å². The topological polar surface area (TPSA) is 47.8 Å². The van der Waals surface area contributed by atoms with Crippen molar-refractivity contribution in [1.82, 2.24) is 14.8 Å². The van der Waals surface area contributed by atoms with E-state index in [1.807, 2.05) is 32.9 Å². The summed E-state index contributed by atoms with van der Waals surface area (Å²) in [5.41, 5.74) is 2.96. The first-order chi connectivity index (χ1) is 8.60. The number of nitrogens with zero attached hydrogens (tertiary/aromatic N) is 3. The molecule has 1 aromatic carbocycles. The Morgan fingerprint density at radius 1 is 1.22 bits per heavy atom. The summed E-state index contributed by atoms with van der Waals surface area (Å²) in [5, 5.41) is 4.07. The van der Waals surface area contributed by atoms with Gasteiger partial charge in [0, 0.05) is 12.1 Å². The molecule has 0 amide bonds. The predicted octanol–water partition coefficient (Wildman–Crippen LogP) is 2.34. The molecule has 0 saturated heterocycles. The third-order valence-corrected chi connectivity index (χ3v) is 2.86. The molecule has 0 spiro atoms. The molecular weight excluding hydrogens is 226 g/mol. The van der Waals surface area contributed by atoms with E-state index >= 15 is 0 Å². The fourth-order valence-corrected chi connectivity index (χ4v) is 2.07. The van der Waals surface area contributed by atoms with Gasteiger partial charge in [0.25, 0.3) is 0 Å². The van der Waals surface area contributed by atoms with Crippen molar-refractivity contribution in [1.29, 1.82) is 0 Å². The van der Waals surface area contributed by atoms with Crippen molar-refractivity contribution >= 4 is 5.78 Å². The van der Waals surface area contributed by atoms with Gasteiger partial charge in [0.1, 0.15) is 12.2 Å². The van der Waals surface area contributed by atoms with Gasteiger partial charge in [-0.3, -0.25) is 4.79 Å². The number of Topliss-reactive ketones (excluding diaryl/α,β-unsaturated/α-hetero) is 1. The molecule has 0 saturated carbocycles. The van der Waals surface area contributed by atoms with Crippen LogP contribution in [0.3, 0.4) is 0 Å². The highest BCUT2D eigenvalue weighted by molar-refractivity contribution is 5.97. The van der Waals surface area contributed by atoms with Gasteiger partial charge in [-0.2, -0.15) is 5.10 Å². The van der Waals surface area contributed by atoms with Gasteiger partial charge in [0.15, 0.2) is 5.78 Å². The van der Waals surface area contributed by atoms with Crippen molar-refractivity contribution in [3.63, 3.8) is 0 Å². The average molecular weight is 243 g/mol. The zero-order chi connectivity index (χ0) is 13.1. The average Bonchev–Trinajstić information content (AvgIpc) is 2.75. The van der Waals surface area contributed by atoms with E-state index in [4.69, 9.17) is 0 Å². The summed E-state index contributed by atoms with van der Waals surface area (Å²) in [6.07, 6.45) is 1.80. The SMILES string of the molecule is CCn1ncnc1CC(=O)c1cc(C)cc(C)c1. The second kappa shape index (κ2) is 5.12. The molecule has 2 rings (SSSR count). The maximum absolute atomic E-state index is 12.2. The lowest BCUT2D eigenvalue weighted by Gasteiger charge is -2.05. The molecule has 4 heteroatoms. The Hall–Kier alpha value is -1.97. The number of rotatable bonds is 4. The van der Waals surface area contributed by atoms with Gasteiger partial charge in [-0.05, 0) is 32.9 Å². The van der Waals surface area contributed by atoms with Gasteiger partial charge >= 0.3 is 0 Å². The van der Waals surface area contributed by atoms with Crippen molar-refractivity contribution in [2.45, 2.75) is 33.7 Å². The fourth-order valence-electron chi connectivity index (χ4n) is 2.07. The minimum Gasteiger partial charge on any atom is -0.294 e. The van der Waals surface area contributed by atoms with Crippen LogP contribution in [0.1, 0.15) is 34.2 Å². The number of aromatic nitrogens is 3. The van der Waals surface area contributed by atoms with E-state index in [9.17, 15) is 4.79 Å². The normalized spacial score (nSPS) is 10.6. The number of benzene rings is 1. The summed E-state index contributed by atoms with van der Waals surface area (Å²) < 4.78 is 1.75. The quantitative estimate of drug-likeness (QED) is 0.774. The molecular formula is C14H17N3O. The Kier molecular flexibility index (Phi) is 3.55. The summed E-state index contributed by atoms with van der Waals surface area (Å²) >= 11 is 0. The molecule has 0 aliphatic rings. The molecule has 2 aromatic rings. The van der Waals surface area contributed by atoms with Crippen molar-refractivity contribution in [3.05, 3.63) is 47.0 Å². The summed E-state index contributed by atoms with van der Waals surface area (Å²) in [6.45, 7) is 6.71. The molecule has 0 fully saturated rings. The Labute approximate surface area is 107 Å². The van der Waals surface area contributed by atoms with Crippen LogP contribution in [0.4, 0.5) is 0 Å². The highest BCUT2D eigenvalue weighted by atomic mass is 16.1. The molecule has 0 bridgehead atoms. The zero-order valence-corrected chi connectivity index (χ0v) is 11.0. The smallest absolute Gasteiger partial charge is 0.170 e. The lowest BCUT2D eigenvalue weighted by molar-refractivity contribution is 0.0989.